The van der Waals surface area contributed by atoms with Gasteiger partial charge in [0.1, 0.15) is 16.9 Å². The molecular weight excluding hydrogens is 534 g/mol. The summed E-state index contributed by atoms with van der Waals surface area (Å²) in [6.07, 6.45) is 5.53. The highest BCUT2D eigenvalue weighted by molar-refractivity contribution is 7.09. The van der Waals surface area contributed by atoms with Crippen molar-refractivity contribution in [1.29, 1.82) is 0 Å². The largest absolute Gasteiger partial charge is 0.457 e. The fourth-order valence-electron chi connectivity index (χ4n) is 4.90. The quantitative estimate of drug-likeness (QED) is 0.444. The Morgan fingerprint density at radius 3 is 2.52 bits per heavy atom. The van der Waals surface area contributed by atoms with Gasteiger partial charge in [-0.3, -0.25) is 9.59 Å². The molecule has 0 radical (unpaired) electrons. The molecule has 1 saturated heterocycles. The average Bonchev–Trinajstić information content (AvgIpc) is 3.60. The number of aromatic nitrogens is 1. The van der Waals surface area contributed by atoms with Gasteiger partial charge in [-0.2, -0.15) is 0 Å². The molecule has 0 amide bonds. The van der Waals surface area contributed by atoms with Crippen molar-refractivity contribution in [3.8, 4) is 0 Å². The van der Waals surface area contributed by atoms with E-state index in [0.29, 0.717) is 43.2 Å². The summed E-state index contributed by atoms with van der Waals surface area (Å²) < 4.78 is 17.2. The molecule has 0 spiro atoms. The molecule has 3 N–H and O–H groups in total. The zero-order chi connectivity index (χ0) is 29.4. The Kier molecular flexibility index (Phi) is 11.8. The van der Waals surface area contributed by atoms with Gasteiger partial charge in [-0.05, 0) is 36.5 Å². The second kappa shape index (κ2) is 14.6. The number of esters is 1. The molecule has 222 valence electrons. The molecule has 0 bridgehead atoms. The Hall–Kier alpha value is -2.21. The number of carbonyl (C=O) groups excluding carboxylic acids is 2. The Balaban J connectivity index is 1.95. The molecule has 0 unspecified atom stereocenters. The van der Waals surface area contributed by atoms with Crippen molar-refractivity contribution < 1.29 is 39.1 Å². The standard InChI is InChI=1S/C30H43NO8S/c1-18-7-6-8-21(14-27-37-11-12-38-27)9-10-23(19(2)13-22-17-40-25(16-32)31-22)39-26(34)15-24(33)30(4,5)29(36)20(3)28(18)35/h6,8-9,13,17-18,20,23-24,27-28,32-33,35H,7,10-12,14-16H2,1-5H3/b8-6+,19-13+,21-9+/t18-,20+,23-,24-,28-/m0/s1. The lowest BCUT2D eigenvalue weighted by molar-refractivity contribution is -0.154. The van der Waals surface area contributed by atoms with Gasteiger partial charge < -0.3 is 29.5 Å². The van der Waals surface area contributed by atoms with Crippen LogP contribution < -0.4 is 0 Å². The summed E-state index contributed by atoms with van der Waals surface area (Å²) >= 11 is 1.34. The van der Waals surface area contributed by atoms with E-state index in [2.05, 4.69) is 4.98 Å². The summed E-state index contributed by atoms with van der Waals surface area (Å²) in [5, 5.41) is 33.6. The molecule has 3 rings (SSSR count). The Morgan fingerprint density at radius 1 is 1.18 bits per heavy atom. The maximum Gasteiger partial charge on any atom is 0.309 e. The number of cyclic esters (lactones) is 1. The number of Topliss-reactive ketones (excluding diaryl/α,β-unsaturated/α-hetero) is 1. The fraction of sp³-hybridized carbons (Fsp3) is 0.633. The van der Waals surface area contributed by atoms with E-state index >= 15 is 0 Å². The van der Waals surface area contributed by atoms with Crippen LogP contribution in [0.4, 0.5) is 0 Å². The zero-order valence-electron chi connectivity index (χ0n) is 24.0. The molecule has 0 saturated carbocycles. The molecule has 1 fully saturated rings. The molecular formula is C30H43NO8S. The van der Waals surface area contributed by atoms with E-state index in [1.807, 2.05) is 43.5 Å². The van der Waals surface area contributed by atoms with Gasteiger partial charge in [-0.15, -0.1) is 11.3 Å². The van der Waals surface area contributed by atoms with Crippen molar-refractivity contribution in [2.45, 2.75) is 91.5 Å². The highest BCUT2D eigenvalue weighted by Gasteiger charge is 2.42. The van der Waals surface area contributed by atoms with Crippen LogP contribution in [-0.4, -0.2) is 69.9 Å². The highest BCUT2D eigenvalue weighted by Crippen LogP contribution is 2.32. The maximum atomic E-state index is 13.3. The topological polar surface area (TPSA) is 135 Å². The van der Waals surface area contributed by atoms with Crippen molar-refractivity contribution >= 4 is 29.2 Å². The first-order valence-corrected chi connectivity index (χ1v) is 14.7. The van der Waals surface area contributed by atoms with Crippen LogP contribution in [0.1, 0.15) is 71.0 Å². The molecule has 1 aromatic rings. The Labute approximate surface area is 240 Å². The van der Waals surface area contributed by atoms with Crippen LogP contribution in [0.2, 0.25) is 0 Å². The van der Waals surface area contributed by atoms with Gasteiger partial charge in [-0.1, -0.05) is 45.9 Å². The molecule has 40 heavy (non-hydrogen) atoms. The molecule has 0 aromatic carbocycles. The van der Waals surface area contributed by atoms with Crippen LogP contribution >= 0.6 is 11.3 Å². The SMILES string of the molecule is C/C(=C\c1csc(CO)n1)[C@@H]1C/C=C(CC2OCCO2)\C=C\C[C@H](C)[C@H](O)[C@@H](C)C(=O)C(C)(C)[C@@H](O)CC(=O)O1. The zero-order valence-corrected chi connectivity index (χ0v) is 24.9. The van der Waals surface area contributed by atoms with Crippen molar-refractivity contribution in [3.05, 3.63) is 45.5 Å². The van der Waals surface area contributed by atoms with Crippen molar-refractivity contribution in [2.75, 3.05) is 13.2 Å². The normalized spacial score (nSPS) is 31.9. The van der Waals surface area contributed by atoms with Gasteiger partial charge >= 0.3 is 5.97 Å². The lowest BCUT2D eigenvalue weighted by atomic mass is 9.73. The first kappa shape index (κ1) is 32.3. The van der Waals surface area contributed by atoms with Crippen molar-refractivity contribution in [1.82, 2.24) is 4.98 Å². The van der Waals surface area contributed by atoms with Crippen LogP contribution in [0.15, 0.2) is 34.8 Å². The smallest absolute Gasteiger partial charge is 0.309 e. The number of hydrogen-bond donors (Lipinski definition) is 3. The second-order valence-electron chi connectivity index (χ2n) is 11.3. The van der Waals surface area contributed by atoms with Crippen LogP contribution in [0, 0.1) is 17.3 Å². The van der Waals surface area contributed by atoms with E-state index in [1.54, 1.807) is 20.8 Å². The molecule has 2 aliphatic rings. The minimum absolute atomic E-state index is 0.152. The third-order valence-corrected chi connectivity index (χ3v) is 8.58. The minimum Gasteiger partial charge on any atom is -0.457 e. The van der Waals surface area contributed by atoms with E-state index in [4.69, 9.17) is 14.2 Å². The van der Waals surface area contributed by atoms with E-state index in [0.717, 1.165) is 11.1 Å². The van der Waals surface area contributed by atoms with E-state index in [9.17, 15) is 24.9 Å². The maximum absolute atomic E-state index is 13.3. The number of aliphatic hydroxyl groups excluding tert-OH is 3. The van der Waals surface area contributed by atoms with Gasteiger partial charge in [0.25, 0.3) is 0 Å². The third kappa shape index (κ3) is 8.64. The number of ketones is 1. The Morgan fingerprint density at radius 2 is 1.88 bits per heavy atom. The number of carbonyl (C=O) groups is 2. The second-order valence-corrected chi connectivity index (χ2v) is 12.2. The van der Waals surface area contributed by atoms with Crippen LogP contribution in [0.25, 0.3) is 6.08 Å². The molecule has 1 aromatic heterocycles. The number of thiazole rings is 1. The summed E-state index contributed by atoms with van der Waals surface area (Å²) in [5.41, 5.74) is 1.06. The lowest BCUT2D eigenvalue weighted by Crippen LogP contribution is -2.45. The van der Waals surface area contributed by atoms with E-state index in [1.165, 1.54) is 11.3 Å². The fourth-order valence-corrected chi connectivity index (χ4v) is 5.51. The van der Waals surface area contributed by atoms with Gasteiger partial charge in [0.2, 0.25) is 0 Å². The van der Waals surface area contributed by atoms with Gasteiger partial charge in [-0.25, -0.2) is 4.98 Å². The number of aliphatic hydroxyl groups is 3. The monoisotopic (exact) mass is 577 g/mol. The van der Waals surface area contributed by atoms with Crippen LogP contribution in [0.5, 0.6) is 0 Å². The Bertz CT molecular complexity index is 1100. The summed E-state index contributed by atoms with van der Waals surface area (Å²) in [4.78, 5) is 30.8. The first-order valence-electron chi connectivity index (χ1n) is 13.8. The number of allylic oxidation sites excluding steroid dienone is 2. The number of ether oxygens (including phenoxy) is 3. The van der Waals surface area contributed by atoms with Crippen molar-refractivity contribution in [2.24, 2.45) is 17.3 Å². The predicted molar refractivity (Wildman–Crippen MR) is 152 cm³/mol. The summed E-state index contributed by atoms with van der Waals surface area (Å²) in [7, 11) is 0. The number of hydrogen-bond acceptors (Lipinski definition) is 10. The van der Waals surface area contributed by atoms with Crippen LogP contribution in [-0.2, 0) is 30.4 Å². The van der Waals surface area contributed by atoms with Gasteiger partial charge in [0.15, 0.2) is 6.29 Å². The van der Waals surface area contributed by atoms with Gasteiger partial charge in [0.05, 0.1) is 49.6 Å². The van der Waals surface area contributed by atoms with Gasteiger partial charge in [0, 0.05) is 24.1 Å². The number of nitrogens with zero attached hydrogens (tertiary/aromatic N) is 1. The molecule has 5 atom stereocenters. The van der Waals surface area contributed by atoms with Crippen LogP contribution in [0.3, 0.4) is 0 Å². The minimum atomic E-state index is -1.29. The molecule has 0 aliphatic carbocycles. The lowest BCUT2D eigenvalue weighted by Gasteiger charge is -2.34. The summed E-state index contributed by atoms with van der Waals surface area (Å²) in [5.74, 6) is -1.88. The van der Waals surface area contributed by atoms with E-state index in [-0.39, 0.29) is 31.0 Å². The molecule has 3 heterocycles. The third-order valence-electron chi connectivity index (χ3n) is 7.73. The first-order chi connectivity index (χ1) is 18.9. The average molecular weight is 578 g/mol. The van der Waals surface area contributed by atoms with E-state index < -0.39 is 35.6 Å². The highest BCUT2D eigenvalue weighted by atomic mass is 32.1. The summed E-state index contributed by atoms with van der Waals surface area (Å²) in [6.45, 7) is 9.48. The van der Waals surface area contributed by atoms with Crippen molar-refractivity contribution in [3.63, 3.8) is 0 Å². The molecule has 9 nitrogen and oxygen atoms in total. The predicted octanol–water partition coefficient (Wildman–Crippen LogP) is 3.97. The molecule has 2 aliphatic heterocycles. The number of rotatable bonds is 5. The molecule has 10 heteroatoms. The summed E-state index contributed by atoms with van der Waals surface area (Å²) in [6, 6.07) is 0.